The van der Waals surface area contributed by atoms with Crippen LogP contribution < -0.4 is 0 Å². The summed E-state index contributed by atoms with van der Waals surface area (Å²) in [5.74, 6) is -2.47. The molecule has 0 spiro atoms. The molecule has 7 nitrogen and oxygen atoms in total. The highest BCUT2D eigenvalue weighted by atomic mass is 16.6. The van der Waals surface area contributed by atoms with Gasteiger partial charge in [0.25, 0.3) is 0 Å². The molecule has 0 bridgehead atoms. The number of hydrogen-bond donors (Lipinski definition) is 2. The molecule has 0 saturated carbocycles. The van der Waals surface area contributed by atoms with Gasteiger partial charge in [-0.25, -0.2) is 4.79 Å². The molecule has 0 radical (unpaired) electrons. The van der Waals surface area contributed by atoms with Crippen LogP contribution in [0, 0.1) is 11.8 Å². The molecule has 2 aliphatic rings. The molecule has 2 rings (SSSR count). The van der Waals surface area contributed by atoms with Crippen LogP contribution in [0.1, 0.15) is 33.1 Å². The summed E-state index contributed by atoms with van der Waals surface area (Å²) in [5, 5.41) is 20.3. The van der Waals surface area contributed by atoms with E-state index in [1.165, 1.54) is 0 Å². The van der Waals surface area contributed by atoms with E-state index in [0.717, 1.165) is 0 Å². The average molecular weight is 378 g/mol. The van der Waals surface area contributed by atoms with Gasteiger partial charge in [0.05, 0.1) is 18.4 Å². The molecule has 2 N–H and O–H groups in total. The van der Waals surface area contributed by atoms with Crippen molar-refractivity contribution in [3.8, 4) is 0 Å². The van der Waals surface area contributed by atoms with Crippen molar-refractivity contribution in [1.82, 2.24) is 0 Å². The monoisotopic (exact) mass is 378 g/mol. The highest BCUT2D eigenvalue weighted by molar-refractivity contribution is 5.91. The second-order valence-corrected chi connectivity index (χ2v) is 6.92. The number of rotatable bonds is 5. The fourth-order valence-corrected chi connectivity index (χ4v) is 3.18. The Balaban J connectivity index is 2.50. The normalized spacial score (nSPS) is 33.6. The van der Waals surface area contributed by atoms with Crippen LogP contribution in [0.3, 0.4) is 0 Å². The van der Waals surface area contributed by atoms with Gasteiger partial charge in [0.2, 0.25) is 0 Å². The fourth-order valence-electron chi connectivity index (χ4n) is 3.18. The SMILES string of the molecule is C=C1C(=O)O[C@@H]2/C=C(/CO)CC/C=C(/C=O)[C@H](O)[C@H](OC(=O)[C@@H](C)CC)[C@@H]12. The van der Waals surface area contributed by atoms with Gasteiger partial charge in [-0.2, -0.15) is 0 Å². The molecule has 7 heteroatoms. The topological polar surface area (TPSA) is 110 Å². The van der Waals surface area contributed by atoms with Gasteiger partial charge in [0, 0.05) is 11.1 Å². The maximum Gasteiger partial charge on any atom is 0.334 e. The van der Waals surface area contributed by atoms with Crippen LogP contribution in [0.4, 0.5) is 0 Å². The Hall–Kier alpha value is -2.25. The first-order valence-corrected chi connectivity index (χ1v) is 9.08. The molecule has 1 fully saturated rings. The van der Waals surface area contributed by atoms with Gasteiger partial charge in [0.15, 0.2) is 0 Å². The minimum atomic E-state index is -1.42. The van der Waals surface area contributed by atoms with Crippen LogP contribution in [-0.4, -0.2) is 53.4 Å². The third kappa shape index (κ3) is 4.54. The van der Waals surface area contributed by atoms with Crippen LogP contribution in [0.25, 0.3) is 0 Å². The maximum absolute atomic E-state index is 12.4. The molecule has 0 aromatic heterocycles. The second-order valence-electron chi connectivity index (χ2n) is 6.92. The van der Waals surface area contributed by atoms with Gasteiger partial charge in [-0.05, 0) is 30.9 Å². The summed E-state index contributed by atoms with van der Waals surface area (Å²) in [4.78, 5) is 36.0. The van der Waals surface area contributed by atoms with E-state index in [1.54, 1.807) is 19.1 Å². The number of fused-ring (bicyclic) bond motifs is 1. The first-order chi connectivity index (χ1) is 12.8. The number of carbonyl (C=O) groups is 3. The summed E-state index contributed by atoms with van der Waals surface area (Å²) < 4.78 is 10.9. The lowest BCUT2D eigenvalue weighted by atomic mass is 9.83. The molecule has 1 heterocycles. The average Bonchev–Trinajstić information content (AvgIpc) is 2.94. The predicted molar refractivity (Wildman–Crippen MR) is 96.4 cm³/mol. The number of aldehydes is 1. The molecule has 1 saturated heterocycles. The van der Waals surface area contributed by atoms with Crippen molar-refractivity contribution in [2.75, 3.05) is 6.61 Å². The molecule has 27 heavy (non-hydrogen) atoms. The standard InChI is InChI=1S/C20H26O7/c1-4-11(2)19(24)27-18-16-12(3)20(25)26-15(16)8-13(9-21)6-5-7-14(10-22)17(18)23/h7-8,10-11,15-18,21,23H,3-6,9H2,1-2H3/b13-8+,14-7-/t11-,15+,16-,17-,18+/m0/s1. The van der Waals surface area contributed by atoms with Gasteiger partial charge in [-0.1, -0.05) is 26.5 Å². The van der Waals surface area contributed by atoms with E-state index in [9.17, 15) is 24.6 Å². The highest BCUT2D eigenvalue weighted by Gasteiger charge is 2.48. The van der Waals surface area contributed by atoms with Crippen LogP contribution in [-0.2, 0) is 23.9 Å². The van der Waals surface area contributed by atoms with Crippen molar-refractivity contribution in [1.29, 1.82) is 0 Å². The van der Waals surface area contributed by atoms with E-state index >= 15 is 0 Å². The number of aliphatic hydroxyl groups excluding tert-OH is 2. The third-order valence-electron chi connectivity index (χ3n) is 5.12. The lowest BCUT2D eigenvalue weighted by Gasteiger charge is -2.31. The van der Waals surface area contributed by atoms with Gasteiger partial charge in [-0.15, -0.1) is 0 Å². The Labute approximate surface area is 158 Å². The van der Waals surface area contributed by atoms with Gasteiger partial charge in [-0.3, -0.25) is 9.59 Å². The van der Waals surface area contributed by atoms with Crippen molar-refractivity contribution in [3.63, 3.8) is 0 Å². The zero-order chi connectivity index (χ0) is 20.1. The molecule has 0 aromatic rings. The Morgan fingerprint density at radius 1 is 1.52 bits per heavy atom. The second kappa shape index (κ2) is 9.10. The van der Waals surface area contributed by atoms with E-state index in [0.29, 0.717) is 31.1 Å². The van der Waals surface area contributed by atoms with E-state index < -0.39 is 42.1 Å². The zero-order valence-electron chi connectivity index (χ0n) is 15.6. The Kier molecular flexibility index (Phi) is 7.10. The molecule has 0 aromatic carbocycles. The lowest BCUT2D eigenvalue weighted by molar-refractivity contribution is -0.162. The third-order valence-corrected chi connectivity index (χ3v) is 5.12. The Morgan fingerprint density at radius 2 is 2.22 bits per heavy atom. The number of esters is 2. The van der Waals surface area contributed by atoms with Crippen LogP contribution in [0.2, 0.25) is 0 Å². The smallest absolute Gasteiger partial charge is 0.334 e. The predicted octanol–water partition coefficient (Wildman–Crippen LogP) is 1.24. The molecule has 0 amide bonds. The Morgan fingerprint density at radius 3 is 2.81 bits per heavy atom. The van der Waals surface area contributed by atoms with Crippen molar-refractivity contribution in [2.24, 2.45) is 11.8 Å². The van der Waals surface area contributed by atoms with E-state index in [2.05, 4.69) is 6.58 Å². The first kappa shape index (κ1) is 21.1. The van der Waals surface area contributed by atoms with Crippen molar-refractivity contribution >= 4 is 18.2 Å². The van der Waals surface area contributed by atoms with Crippen molar-refractivity contribution in [3.05, 3.63) is 35.5 Å². The largest absolute Gasteiger partial charge is 0.458 e. The summed E-state index contributed by atoms with van der Waals surface area (Å²) in [6, 6.07) is 0. The minimum Gasteiger partial charge on any atom is -0.458 e. The summed E-state index contributed by atoms with van der Waals surface area (Å²) in [6.07, 6.45) is 1.57. The molecule has 5 atom stereocenters. The molecule has 1 aliphatic carbocycles. The van der Waals surface area contributed by atoms with E-state index in [-0.39, 0.29) is 17.8 Å². The van der Waals surface area contributed by atoms with E-state index in [1.807, 2.05) is 6.92 Å². The number of carbonyl (C=O) groups excluding carboxylic acids is 3. The number of allylic oxidation sites excluding steroid dienone is 1. The quantitative estimate of drug-likeness (QED) is 0.320. The van der Waals surface area contributed by atoms with Crippen LogP contribution in [0.5, 0.6) is 0 Å². The summed E-state index contributed by atoms with van der Waals surface area (Å²) in [5.41, 5.74) is 0.736. The Bertz CT molecular complexity index is 676. The molecule has 1 aliphatic heterocycles. The van der Waals surface area contributed by atoms with E-state index in [4.69, 9.17) is 9.47 Å². The molecular formula is C20H26O7. The van der Waals surface area contributed by atoms with Gasteiger partial charge < -0.3 is 19.7 Å². The lowest BCUT2D eigenvalue weighted by Crippen LogP contribution is -2.43. The van der Waals surface area contributed by atoms with Crippen molar-refractivity contribution in [2.45, 2.75) is 51.4 Å². The van der Waals surface area contributed by atoms with Crippen molar-refractivity contribution < 1.29 is 34.1 Å². The minimum absolute atomic E-state index is 0.0559. The summed E-state index contributed by atoms with van der Waals surface area (Å²) >= 11 is 0. The number of aliphatic hydroxyl groups is 2. The maximum atomic E-state index is 12.4. The molecule has 0 unspecified atom stereocenters. The summed E-state index contributed by atoms with van der Waals surface area (Å²) in [7, 11) is 0. The molecule has 148 valence electrons. The first-order valence-electron chi connectivity index (χ1n) is 9.08. The van der Waals surface area contributed by atoms with Crippen LogP contribution >= 0.6 is 0 Å². The summed E-state index contributed by atoms with van der Waals surface area (Å²) in [6.45, 7) is 7.01. The number of ether oxygens (including phenoxy) is 2. The van der Waals surface area contributed by atoms with Crippen LogP contribution in [0.15, 0.2) is 35.5 Å². The fraction of sp³-hybridized carbons (Fsp3) is 0.550. The van der Waals surface area contributed by atoms with Gasteiger partial charge in [0.1, 0.15) is 24.6 Å². The van der Waals surface area contributed by atoms with Gasteiger partial charge >= 0.3 is 11.9 Å². The zero-order valence-corrected chi connectivity index (χ0v) is 15.6. The molecular weight excluding hydrogens is 352 g/mol. The highest BCUT2D eigenvalue weighted by Crippen LogP contribution is 2.36. The number of hydrogen-bond acceptors (Lipinski definition) is 7.